The van der Waals surface area contributed by atoms with E-state index in [0.29, 0.717) is 11.8 Å². The number of nitrogens with zero attached hydrogens (tertiary/aromatic N) is 4. The Morgan fingerprint density at radius 2 is 1.36 bits per heavy atom. The van der Waals surface area contributed by atoms with Crippen LogP contribution in [0.3, 0.4) is 0 Å². The number of ether oxygens (including phenoxy) is 2. The zero-order chi connectivity index (χ0) is 24.8. The van der Waals surface area contributed by atoms with Crippen LogP contribution in [0.15, 0.2) is 48.9 Å². The summed E-state index contributed by atoms with van der Waals surface area (Å²) in [5, 5.41) is 17.3. The quantitative estimate of drug-likeness (QED) is 0.467. The number of imidazole rings is 1. The maximum absolute atomic E-state index is 12.6. The van der Waals surface area contributed by atoms with Crippen LogP contribution in [0.2, 0.25) is 0 Å². The van der Waals surface area contributed by atoms with E-state index in [1.807, 2.05) is 6.07 Å². The van der Waals surface area contributed by atoms with Crippen LogP contribution in [0.4, 0.5) is 30.7 Å². The van der Waals surface area contributed by atoms with Gasteiger partial charge in [0, 0.05) is 18.3 Å². The number of aromatic nitrogens is 2. The van der Waals surface area contributed by atoms with Gasteiger partial charge < -0.3 is 14.0 Å². The molecule has 3 rings (SSSR count). The zero-order valence-electron chi connectivity index (χ0n) is 16.4. The van der Waals surface area contributed by atoms with Crippen molar-refractivity contribution < 1.29 is 40.2 Å². The Bertz CT molecular complexity index is 1200. The Morgan fingerprint density at radius 1 is 0.848 bits per heavy atom. The van der Waals surface area contributed by atoms with Crippen LogP contribution in [-0.4, -0.2) is 22.3 Å². The second-order valence-electron chi connectivity index (χ2n) is 6.06. The molecule has 0 amide bonds. The minimum absolute atomic E-state index is 0.0687. The topological polar surface area (TPSA) is 83.9 Å². The molecule has 0 N–H and O–H groups in total. The van der Waals surface area contributed by atoms with E-state index in [4.69, 9.17) is 10.5 Å². The fraction of sp³-hybridized carbons (Fsp3) is 0.150. The summed E-state index contributed by atoms with van der Waals surface area (Å²) in [7, 11) is 0. The summed E-state index contributed by atoms with van der Waals surface area (Å²) >= 11 is 0. The number of hydrogen-bond donors (Lipinski definition) is 0. The van der Waals surface area contributed by atoms with Gasteiger partial charge in [-0.3, -0.25) is 0 Å². The van der Waals surface area contributed by atoms with Crippen LogP contribution < -0.4 is 9.47 Å². The molecule has 172 valence electrons. The van der Waals surface area contributed by atoms with E-state index in [1.54, 1.807) is 17.7 Å². The average molecular weight is 472 g/mol. The van der Waals surface area contributed by atoms with Crippen LogP contribution in [-0.2, 0) is 0 Å². The Balaban J connectivity index is 0.000000245. The summed E-state index contributed by atoms with van der Waals surface area (Å²) < 4.78 is 92.7. The molecule has 6 nitrogen and oxygen atoms in total. The summed E-state index contributed by atoms with van der Waals surface area (Å²) in [6.45, 7) is 1.77. The summed E-state index contributed by atoms with van der Waals surface area (Å²) in [6.07, 6.45) is -6.47. The van der Waals surface area contributed by atoms with Gasteiger partial charge >= 0.3 is 12.7 Å². The molecule has 2 aromatic carbocycles. The lowest BCUT2D eigenvalue weighted by molar-refractivity contribution is -0.275. The highest BCUT2D eigenvalue weighted by atomic mass is 19.4. The first kappa shape index (κ1) is 25.0. The van der Waals surface area contributed by atoms with Crippen molar-refractivity contribution in [3.8, 4) is 29.3 Å². The first-order chi connectivity index (χ1) is 15.3. The molecule has 33 heavy (non-hydrogen) atoms. The molecule has 0 unspecified atom stereocenters. The van der Waals surface area contributed by atoms with E-state index >= 15 is 0 Å². The van der Waals surface area contributed by atoms with E-state index in [9.17, 15) is 30.7 Å². The third kappa shape index (κ3) is 7.74. The molecule has 0 fully saturated rings. The van der Waals surface area contributed by atoms with E-state index in [-0.39, 0.29) is 5.56 Å². The molecule has 0 aliphatic heterocycles. The highest BCUT2D eigenvalue weighted by molar-refractivity contribution is 5.52. The van der Waals surface area contributed by atoms with Gasteiger partial charge in [-0.2, -0.15) is 10.5 Å². The molecular weight excluding hydrogens is 461 g/mol. The van der Waals surface area contributed by atoms with Gasteiger partial charge in [0.2, 0.25) is 0 Å². The van der Waals surface area contributed by atoms with Gasteiger partial charge in [-0.15, -0.1) is 26.3 Å². The average Bonchev–Trinajstić information content (AvgIpc) is 3.13. The lowest BCUT2D eigenvalue weighted by Gasteiger charge is -2.11. The molecule has 13 heteroatoms. The van der Waals surface area contributed by atoms with Gasteiger partial charge in [0.05, 0.1) is 28.8 Å². The first-order valence-electron chi connectivity index (χ1n) is 8.57. The Hall–Kier alpha value is -4.26. The van der Waals surface area contributed by atoms with Gasteiger partial charge in [0.1, 0.15) is 29.5 Å². The number of halogens is 7. The largest absolute Gasteiger partial charge is 0.573 e. The van der Waals surface area contributed by atoms with Crippen LogP contribution >= 0.6 is 0 Å². The number of nitriles is 2. The summed E-state index contributed by atoms with van der Waals surface area (Å²) in [4.78, 5) is 3.99. The van der Waals surface area contributed by atoms with Crippen LogP contribution in [0.1, 0.15) is 16.8 Å². The molecule has 0 atom stereocenters. The van der Waals surface area contributed by atoms with Crippen molar-refractivity contribution in [1.82, 2.24) is 9.55 Å². The van der Waals surface area contributed by atoms with E-state index in [1.165, 1.54) is 18.5 Å². The second-order valence-corrected chi connectivity index (χ2v) is 6.06. The number of alkyl halides is 6. The van der Waals surface area contributed by atoms with E-state index < -0.39 is 35.6 Å². The molecule has 3 aromatic rings. The van der Waals surface area contributed by atoms with Crippen molar-refractivity contribution >= 4 is 0 Å². The van der Waals surface area contributed by atoms with Crippen molar-refractivity contribution in [2.75, 3.05) is 0 Å². The third-order valence-electron chi connectivity index (χ3n) is 3.60. The molecule has 0 aliphatic carbocycles. The van der Waals surface area contributed by atoms with Gasteiger partial charge in [-0.05, 0) is 31.2 Å². The van der Waals surface area contributed by atoms with Gasteiger partial charge in [-0.25, -0.2) is 9.37 Å². The molecular formula is C20H11F7N4O2. The van der Waals surface area contributed by atoms with Crippen molar-refractivity contribution in [2.45, 2.75) is 19.6 Å². The van der Waals surface area contributed by atoms with Crippen LogP contribution in [0, 0.1) is 35.4 Å². The van der Waals surface area contributed by atoms with Crippen molar-refractivity contribution in [2.24, 2.45) is 0 Å². The molecule has 1 aromatic heterocycles. The molecule has 0 radical (unpaired) electrons. The summed E-state index contributed by atoms with van der Waals surface area (Å²) in [5.74, 6) is -1.93. The van der Waals surface area contributed by atoms with Crippen molar-refractivity contribution in [1.29, 1.82) is 10.5 Å². The Kier molecular flexibility index (Phi) is 7.51. The molecule has 0 saturated carbocycles. The molecule has 1 heterocycles. The van der Waals surface area contributed by atoms with Crippen LogP contribution in [0.5, 0.6) is 11.5 Å². The SMILES string of the molecule is Cc1cn(-c2ccc(OC(F)(F)F)cc2C#N)cn1.N#Cc1cc(OC(F)(F)F)ccc1F. The highest BCUT2D eigenvalue weighted by Crippen LogP contribution is 2.26. The predicted molar refractivity (Wildman–Crippen MR) is 97.5 cm³/mol. The summed E-state index contributed by atoms with van der Waals surface area (Å²) in [6, 6.07) is 9.01. The lowest BCUT2D eigenvalue weighted by Crippen LogP contribution is -2.17. The molecule has 0 bridgehead atoms. The van der Waals surface area contributed by atoms with Gasteiger partial charge in [-0.1, -0.05) is 0 Å². The predicted octanol–water partition coefficient (Wildman–Crippen LogP) is 5.55. The van der Waals surface area contributed by atoms with E-state index in [2.05, 4.69) is 14.5 Å². The Morgan fingerprint density at radius 3 is 1.82 bits per heavy atom. The standard InChI is InChI=1S/C12H8F3N3O.C8H3F4NO/c1-8-6-18(7-17-8)11-3-2-10(4-9(11)5-16)19-12(13,14)15;9-7-2-1-6(3-5(7)4-13)14-8(10,11)12/h2-4,6-7H,1H3;1-3H. The smallest absolute Gasteiger partial charge is 0.406 e. The monoisotopic (exact) mass is 472 g/mol. The fourth-order valence-electron chi connectivity index (χ4n) is 2.37. The van der Waals surface area contributed by atoms with Crippen LogP contribution in [0.25, 0.3) is 5.69 Å². The summed E-state index contributed by atoms with van der Waals surface area (Å²) in [5.41, 5.74) is 0.753. The fourth-order valence-corrected chi connectivity index (χ4v) is 2.37. The number of hydrogen-bond acceptors (Lipinski definition) is 5. The first-order valence-corrected chi connectivity index (χ1v) is 8.57. The minimum Gasteiger partial charge on any atom is -0.406 e. The van der Waals surface area contributed by atoms with Gasteiger partial charge in [0.25, 0.3) is 0 Å². The zero-order valence-corrected chi connectivity index (χ0v) is 16.4. The van der Waals surface area contributed by atoms with Crippen molar-refractivity contribution in [3.05, 3.63) is 71.6 Å². The number of benzene rings is 2. The molecule has 0 spiro atoms. The maximum Gasteiger partial charge on any atom is 0.573 e. The normalized spacial score (nSPS) is 11.0. The maximum atomic E-state index is 12.6. The Labute approximate surface area is 181 Å². The molecule has 0 saturated heterocycles. The highest BCUT2D eigenvalue weighted by Gasteiger charge is 2.32. The minimum atomic E-state index is -4.84. The second kappa shape index (κ2) is 9.91. The lowest BCUT2D eigenvalue weighted by atomic mass is 10.2. The third-order valence-corrected chi connectivity index (χ3v) is 3.60. The van der Waals surface area contributed by atoms with Gasteiger partial charge in [0.15, 0.2) is 0 Å². The van der Waals surface area contributed by atoms with E-state index in [0.717, 1.165) is 30.0 Å². The molecule has 0 aliphatic rings. The number of aryl methyl sites for hydroxylation is 1. The van der Waals surface area contributed by atoms with Crippen molar-refractivity contribution in [3.63, 3.8) is 0 Å². The number of rotatable bonds is 3.